The third-order valence-corrected chi connectivity index (χ3v) is 6.01. The van der Waals surface area contributed by atoms with Crippen molar-refractivity contribution in [1.82, 2.24) is 0 Å². The Kier molecular flexibility index (Phi) is 6.41. The number of hydrogen-bond donors (Lipinski definition) is 2. The van der Waals surface area contributed by atoms with Crippen molar-refractivity contribution in [3.05, 3.63) is 59.1 Å². The fourth-order valence-electron chi connectivity index (χ4n) is 2.27. The minimum absolute atomic E-state index is 0.0256. The Morgan fingerprint density at radius 3 is 2.24 bits per heavy atom. The number of rotatable bonds is 8. The Hall–Kier alpha value is -2.09. The fraction of sp³-hybridized carbons (Fsp3) is 0.235. The lowest BCUT2D eigenvalue weighted by Crippen LogP contribution is -2.32. The maximum atomic E-state index is 12.7. The molecule has 0 radical (unpaired) electrons. The molecule has 0 aliphatic rings. The van der Waals surface area contributed by atoms with Gasteiger partial charge in [0.1, 0.15) is 5.75 Å². The van der Waals surface area contributed by atoms with Crippen LogP contribution in [-0.2, 0) is 21.1 Å². The number of benzene rings is 2. The number of hydrogen-bond acceptors (Lipinski definition) is 5. The van der Waals surface area contributed by atoms with Crippen LogP contribution in [0.4, 0.5) is 0 Å². The van der Waals surface area contributed by atoms with Crippen molar-refractivity contribution < 1.29 is 23.1 Å². The van der Waals surface area contributed by atoms with Crippen LogP contribution in [0.3, 0.4) is 0 Å². The molecule has 2 aromatic carbocycles. The van der Waals surface area contributed by atoms with Crippen molar-refractivity contribution in [2.75, 3.05) is 13.2 Å². The molecule has 2 rings (SSSR count). The highest BCUT2D eigenvalue weighted by Gasteiger charge is 2.26. The Morgan fingerprint density at radius 1 is 1.12 bits per heavy atom. The van der Waals surface area contributed by atoms with Crippen molar-refractivity contribution in [3.8, 4) is 5.75 Å². The summed E-state index contributed by atoms with van der Waals surface area (Å²) in [6.07, 6.45) is 0.237. The van der Waals surface area contributed by atoms with E-state index >= 15 is 0 Å². The van der Waals surface area contributed by atoms with Gasteiger partial charge >= 0.3 is 5.97 Å². The molecule has 0 aliphatic carbocycles. The maximum Gasteiger partial charge on any atom is 0.341 e. The summed E-state index contributed by atoms with van der Waals surface area (Å²) in [5, 5.41) is 8.26. The van der Waals surface area contributed by atoms with E-state index in [1.54, 1.807) is 24.3 Å². The monoisotopic (exact) mass is 383 g/mol. The molecule has 1 unspecified atom stereocenters. The number of aliphatic carboxylic acids is 1. The van der Waals surface area contributed by atoms with Gasteiger partial charge in [-0.3, -0.25) is 0 Å². The zero-order valence-electron chi connectivity index (χ0n) is 13.3. The quantitative estimate of drug-likeness (QED) is 0.723. The van der Waals surface area contributed by atoms with Crippen molar-refractivity contribution >= 4 is 27.4 Å². The first-order valence-electron chi connectivity index (χ1n) is 7.46. The average molecular weight is 384 g/mol. The third kappa shape index (κ3) is 5.19. The van der Waals surface area contributed by atoms with E-state index in [2.05, 4.69) is 0 Å². The summed E-state index contributed by atoms with van der Waals surface area (Å²) in [6, 6.07) is 12.6. The first-order chi connectivity index (χ1) is 11.8. The molecular formula is C17H18ClNO5S. The number of carbonyl (C=O) groups is 1. The Morgan fingerprint density at radius 2 is 1.72 bits per heavy atom. The predicted molar refractivity (Wildman–Crippen MR) is 94.8 cm³/mol. The van der Waals surface area contributed by atoms with E-state index in [9.17, 15) is 13.2 Å². The van der Waals surface area contributed by atoms with Crippen LogP contribution >= 0.6 is 11.6 Å². The minimum Gasteiger partial charge on any atom is -0.482 e. The van der Waals surface area contributed by atoms with Gasteiger partial charge in [0.15, 0.2) is 16.4 Å². The first kappa shape index (κ1) is 19.2. The zero-order chi connectivity index (χ0) is 18.4. The van der Waals surface area contributed by atoms with Gasteiger partial charge in [-0.2, -0.15) is 0 Å². The van der Waals surface area contributed by atoms with Crippen LogP contribution < -0.4 is 10.5 Å². The van der Waals surface area contributed by atoms with Gasteiger partial charge in [-0.1, -0.05) is 23.7 Å². The van der Waals surface area contributed by atoms with Crippen LogP contribution in [0.15, 0.2) is 53.4 Å². The lowest BCUT2D eigenvalue weighted by Gasteiger charge is -2.16. The molecule has 0 amide bonds. The number of halogens is 1. The summed E-state index contributed by atoms with van der Waals surface area (Å²) in [6.45, 7) is -0.460. The molecule has 0 fully saturated rings. The van der Waals surface area contributed by atoms with E-state index < -0.39 is 27.7 Å². The van der Waals surface area contributed by atoms with Gasteiger partial charge in [0, 0.05) is 11.6 Å². The van der Waals surface area contributed by atoms with E-state index in [1.165, 1.54) is 24.3 Å². The van der Waals surface area contributed by atoms with Crippen molar-refractivity contribution in [1.29, 1.82) is 0 Å². The average Bonchev–Trinajstić information content (AvgIpc) is 2.59. The topological polar surface area (TPSA) is 107 Å². The van der Waals surface area contributed by atoms with Crippen LogP contribution in [0, 0.1) is 0 Å². The van der Waals surface area contributed by atoms with Crippen molar-refractivity contribution in [2.24, 2.45) is 5.73 Å². The molecule has 25 heavy (non-hydrogen) atoms. The van der Waals surface area contributed by atoms with Crippen LogP contribution in [-0.4, -0.2) is 37.9 Å². The SMILES string of the molecule is NCC(Cc1ccc(OCC(=O)O)cc1)S(=O)(=O)c1ccc(Cl)cc1. The minimum atomic E-state index is -3.59. The standard InChI is InChI=1S/C17H18ClNO5S/c18-13-3-7-15(8-4-13)25(22,23)16(10-19)9-12-1-5-14(6-2-12)24-11-17(20)21/h1-8,16H,9-11,19H2,(H,20,21). The molecule has 1 atom stereocenters. The summed E-state index contributed by atoms with van der Waals surface area (Å²) in [5.74, 6) is -0.669. The summed E-state index contributed by atoms with van der Waals surface area (Å²) < 4.78 is 30.5. The lowest BCUT2D eigenvalue weighted by molar-refractivity contribution is -0.139. The van der Waals surface area contributed by atoms with Gasteiger partial charge in [-0.05, 0) is 48.4 Å². The highest BCUT2D eigenvalue weighted by molar-refractivity contribution is 7.92. The van der Waals surface area contributed by atoms with E-state index in [0.717, 1.165) is 5.56 Å². The molecule has 0 saturated heterocycles. The van der Waals surface area contributed by atoms with E-state index in [1.807, 2.05) is 0 Å². The second kappa shape index (κ2) is 8.33. The smallest absolute Gasteiger partial charge is 0.341 e. The van der Waals surface area contributed by atoms with E-state index in [0.29, 0.717) is 10.8 Å². The zero-order valence-corrected chi connectivity index (χ0v) is 14.8. The van der Waals surface area contributed by atoms with Gasteiger partial charge in [0.05, 0.1) is 10.1 Å². The van der Waals surface area contributed by atoms with Crippen LogP contribution in [0.25, 0.3) is 0 Å². The molecule has 0 saturated carbocycles. The first-order valence-corrected chi connectivity index (χ1v) is 9.38. The number of ether oxygens (including phenoxy) is 1. The molecule has 0 heterocycles. The van der Waals surface area contributed by atoms with Gasteiger partial charge in [-0.15, -0.1) is 0 Å². The second-order valence-electron chi connectivity index (χ2n) is 5.39. The number of nitrogens with two attached hydrogens (primary N) is 1. The number of carboxylic acid groups (broad SMARTS) is 1. The van der Waals surface area contributed by atoms with Crippen molar-refractivity contribution in [3.63, 3.8) is 0 Å². The Bertz CT molecular complexity index is 819. The molecule has 6 nitrogen and oxygen atoms in total. The maximum absolute atomic E-state index is 12.7. The molecule has 0 spiro atoms. The molecule has 2 aromatic rings. The highest BCUT2D eigenvalue weighted by atomic mass is 35.5. The molecule has 8 heteroatoms. The third-order valence-electron chi connectivity index (χ3n) is 3.59. The normalized spacial score (nSPS) is 12.6. The van der Waals surface area contributed by atoms with E-state index in [-0.39, 0.29) is 17.9 Å². The number of sulfone groups is 1. The van der Waals surface area contributed by atoms with Gasteiger partial charge < -0.3 is 15.6 Å². The molecule has 0 bridgehead atoms. The van der Waals surface area contributed by atoms with Crippen LogP contribution in [0.2, 0.25) is 5.02 Å². The predicted octanol–water partition coefficient (Wildman–Crippen LogP) is 2.15. The highest BCUT2D eigenvalue weighted by Crippen LogP contribution is 2.22. The molecule has 3 N–H and O–H groups in total. The van der Waals surface area contributed by atoms with Gasteiger partial charge in [0.2, 0.25) is 0 Å². The molecular weight excluding hydrogens is 366 g/mol. The van der Waals surface area contributed by atoms with Gasteiger partial charge in [-0.25, -0.2) is 13.2 Å². The number of carboxylic acids is 1. The van der Waals surface area contributed by atoms with Crippen LogP contribution in [0.5, 0.6) is 5.75 Å². The van der Waals surface area contributed by atoms with Gasteiger partial charge in [0.25, 0.3) is 0 Å². The molecule has 0 aliphatic heterocycles. The Labute approximate surface area is 151 Å². The molecule has 134 valence electrons. The Balaban J connectivity index is 2.13. The largest absolute Gasteiger partial charge is 0.482 e. The lowest BCUT2D eigenvalue weighted by atomic mass is 10.1. The van der Waals surface area contributed by atoms with Crippen LogP contribution in [0.1, 0.15) is 5.56 Å². The van der Waals surface area contributed by atoms with Crippen molar-refractivity contribution in [2.45, 2.75) is 16.6 Å². The summed E-state index contributed by atoms with van der Waals surface area (Å²) in [5.41, 5.74) is 6.45. The molecule has 0 aromatic heterocycles. The summed E-state index contributed by atoms with van der Waals surface area (Å²) in [4.78, 5) is 10.7. The second-order valence-corrected chi connectivity index (χ2v) is 8.05. The summed E-state index contributed by atoms with van der Waals surface area (Å²) >= 11 is 5.80. The fourth-order valence-corrected chi connectivity index (χ4v) is 3.96. The summed E-state index contributed by atoms with van der Waals surface area (Å²) in [7, 11) is -3.59. The van der Waals surface area contributed by atoms with E-state index in [4.69, 9.17) is 27.2 Å².